The molecule has 0 saturated carbocycles. The Morgan fingerprint density at radius 1 is 1.56 bits per heavy atom. The third-order valence-corrected chi connectivity index (χ3v) is 3.23. The molecule has 1 saturated heterocycles. The van der Waals surface area contributed by atoms with Gasteiger partial charge in [-0.15, -0.1) is 0 Å². The maximum absolute atomic E-state index is 10.8. The summed E-state index contributed by atoms with van der Waals surface area (Å²) in [6.07, 6.45) is 3.85. The molecular formula is C13H20N4O. The Kier molecular flexibility index (Phi) is 4.15. The van der Waals surface area contributed by atoms with Gasteiger partial charge in [0, 0.05) is 25.3 Å². The number of likely N-dealkylation sites (tertiary alicyclic amines) is 1. The largest absolute Gasteiger partial charge is 0.369 e. The standard InChI is InChI=1S/C13H20N4O/c1-10-2-5-15-13(8-10)16-11-3-6-17(7-4-11)9-12(14)18/h2,5,8,11H,3-4,6-7,9H2,1H3,(H2,14,18)(H,15,16). The Labute approximate surface area is 107 Å². The van der Waals surface area contributed by atoms with Gasteiger partial charge in [0.25, 0.3) is 0 Å². The van der Waals surface area contributed by atoms with Crippen molar-refractivity contribution in [2.75, 3.05) is 25.0 Å². The molecule has 0 bridgehead atoms. The molecular weight excluding hydrogens is 228 g/mol. The summed E-state index contributed by atoms with van der Waals surface area (Å²) in [5, 5.41) is 3.44. The third-order valence-electron chi connectivity index (χ3n) is 3.23. The molecule has 18 heavy (non-hydrogen) atoms. The molecule has 5 heteroatoms. The predicted octanol–water partition coefficient (Wildman–Crippen LogP) is 0.752. The van der Waals surface area contributed by atoms with E-state index in [0.29, 0.717) is 12.6 Å². The normalized spacial score (nSPS) is 17.6. The number of pyridine rings is 1. The summed E-state index contributed by atoms with van der Waals surface area (Å²) >= 11 is 0. The lowest BCUT2D eigenvalue weighted by molar-refractivity contribution is -0.119. The van der Waals surface area contributed by atoms with Gasteiger partial charge in [-0.05, 0) is 37.5 Å². The van der Waals surface area contributed by atoms with Crippen LogP contribution in [0.4, 0.5) is 5.82 Å². The summed E-state index contributed by atoms with van der Waals surface area (Å²) < 4.78 is 0. The second-order valence-corrected chi connectivity index (χ2v) is 4.88. The van der Waals surface area contributed by atoms with Crippen molar-refractivity contribution >= 4 is 11.7 Å². The van der Waals surface area contributed by atoms with Crippen molar-refractivity contribution in [1.82, 2.24) is 9.88 Å². The first-order valence-corrected chi connectivity index (χ1v) is 6.33. The van der Waals surface area contributed by atoms with Crippen LogP contribution < -0.4 is 11.1 Å². The van der Waals surface area contributed by atoms with Crippen LogP contribution in [0, 0.1) is 6.92 Å². The van der Waals surface area contributed by atoms with E-state index >= 15 is 0 Å². The Balaban J connectivity index is 1.81. The van der Waals surface area contributed by atoms with Crippen LogP contribution in [0.15, 0.2) is 18.3 Å². The average Bonchev–Trinajstić information content (AvgIpc) is 2.31. The molecule has 0 atom stereocenters. The van der Waals surface area contributed by atoms with Crippen LogP contribution in [0.2, 0.25) is 0 Å². The monoisotopic (exact) mass is 248 g/mol. The zero-order chi connectivity index (χ0) is 13.0. The lowest BCUT2D eigenvalue weighted by Crippen LogP contribution is -2.43. The Morgan fingerprint density at radius 3 is 2.89 bits per heavy atom. The molecule has 1 aliphatic rings. The fraction of sp³-hybridized carbons (Fsp3) is 0.538. The van der Waals surface area contributed by atoms with E-state index in [1.54, 1.807) is 0 Å². The van der Waals surface area contributed by atoms with Crippen LogP contribution in [0.3, 0.4) is 0 Å². The molecule has 2 heterocycles. The molecule has 0 radical (unpaired) electrons. The Morgan fingerprint density at radius 2 is 2.28 bits per heavy atom. The van der Waals surface area contributed by atoms with Crippen molar-refractivity contribution in [2.45, 2.75) is 25.8 Å². The number of amides is 1. The Hall–Kier alpha value is -1.62. The number of carbonyl (C=O) groups excluding carboxylic acids is 1. The Bertz CT molecular complexity index is 413. The smallest absolute Gasteiger partial charge is 0.231 e. The molecule has 0 unspecified atom stereocenters. The van der Waals surface area contributed by atoms with Crippen LogP contribution in [-0.2, 0) is 4.79 Å². The number of aryl methyl sites for hydroxylation is 1. The molecule has 1 amide bonds. The second kappa shape index (κ2) is 5.82. The zero-order valence-electron chi connectivity index (χ0n) is 10.7. The van der Waals surface area contributed by atoms with Gasteiger partial charge in [-0.1, -0.05) is 0 Å². The average molecular weight is 248 g/mol. The number of nitrogens with two attached hydrogens (primary N) is 1. The minimum Gasteiger partial charge on any atom is -0.369 e. The highest BCUT2D eigenvalue weighted by Crippen LogP contribution is 2.15. The topological polar surface area (TPSA) is 71.2 Å². The summed E-state index contributed by atoms with van der Waals surface area (Å²) in [6.45, 7) is 4.25. The number of carbonyl (C=O) groups is 1. The van der Waals surface area contributed by atoms with E-state index < -0.39 is 0 Å². The van der Waals surface area contributed by atoms with Gasteiger partial charge < -0.3 is 11.1 Å². The molecule has 3 N–H and O–H groups in total. The number of aromatic nitrogens is 1. The van der Waals surface area contributed by atoms with Crippen molar-refractivity contribution in [3.8, 4) is 0 Å². The molecule has 0 spiro atoms. The van der Waals surface area contributed by atoms with Crippen LogP contribution in [0.25, 0.3) is 0 Å². The fourth-order valence-corrected chi connectivity index (χ4v) is 2.28. The molecule has 0 aromatic carbocycles. The summed E-state index contributed by atoms with van der Waals surface area (Å²) in [5.41, 5.74) is 6.40. The number of primary amides is 1. The molecule has 5 nitrogen and oxygen atoms in total. The number of hydrogen-bond donors (Lipinski definition) is 2. The lowest BCUT2D eigenvalue weighted by Gasteiger charge is -2.31. The van der Waals surface area contributed by atoms with Crippen molar-refractivity contribution in [3.05, 3.63) is 23.9 Å². The van der Waals surface area contributed by atoms with E-state index in [9.17, 15) is 4.79 Å². The zero-order valence-corrected chi connectivity index (χ0v) is 10.7. The summed E-state index contributed by atoms with van der Waals surface area (Å²) in [5.74, 6) is 0.685. The molecule has 1 aliphatic heterocycles. The van der Waals surface area contributed by atoms with E-state index in [-0.39, 0.29) is 5.91 Å². The van der Waals surface area contributed by atoms with Gasteiger partial charge in [0.05, 0.1) is 6.54 Å². The van der Waals surface area contributed by atoms with Gasteiger partial charge in [-0.2, -0.15) is 0 Å². The number of nitrogens with one attached hydrogen (secondary N) is 1. The quantitative estimate of drug-likeness (QED) is 0.825. The SMILES string of the molecule is Cc1ccnc(NC2CCN(CC(N)=O)CC2)c1. The molecule has 1 aromatic rings. The van der Waals surface area contributed by atoms with Gasteiger partial charge in [0.2, 0.25) is 5.91 Å². The first-order chi connectivity index (χ1) is 8.63. The van der Waals surface area contributed by atoms with Crippen molar-refractivity contribution in [2.24, 2.45) is 5.73 Å². The van der Waals surface area contributed by atoms with Gasteiger partial charge >= 0.3 is 0 Å². The summed E-state index contributed by atoms with van der Waals surface area (Å²) in [7, 11) is 0. The first kappa shape index (κ1) is 12.8. The molecule has 1 aromatic heterocycles. The van der Waals surface area contributed by atoms with Crippen molar-refractivity contribution < 1.29 is 4.79 Å². The maximum Gasteiger partial charge on any atom is 0.231 e. The van der Waals surface area contributed by atoms with Crippen LogP contribution in [0.5, 0.6) is 0 Å². The summed E-state index contributed by atoms with van der Waals surface area (Å²) in [6, 6.07) is 4.47. The van der Waals surface area contributed by atoms with E-state index in [1.165, 1.54) is 5.56 Å². The predicted molar refractivity (Wildman–Crippen MR) is 71.3 cm³/mol. The summed E-state index contributed by atoms with van der Waals surface area (Å²) in [4.78, 5) is 17.2. The molecule has 2 rings (SSSR count). The first-order valence-electron chi connectivity index (χ1n) is 6.33. The van der Waals surface area contributed by atoms with Crippen LogP contribution in [0.1, 0.15) is 18.4 Å². The van der Waals surface area contributed by atoms with E-state index in [1.807, 2.05) is 12.3 Å². The van der Waals surface area contributed by atoms with E-state index in [2.05, 4.69) is 28.2 Å². The number of anilines is 1. The highest BCUT2D eigenvalue weighted by atomic mass is 16.1. The third kappa shape index (κ3) is 3.70. The molecule has 0 aliphatic carbocycles. The fourth-order valence-electron chi connectivity index (χ4n) is 2.28. The van der Waals surface area contributed by atoms with Crippen LogP contribution >= 0.6 is 0 Å². The number of piperidine rings is 1. The van der Waals surface area contributed by atoms with Crippen molar-refractivity contribution in [1.29, 1.82) is 0 Å². The second-order valence-electron chi connectivity index (χ2n) is 4.88. The number of rotatable bonds is 4. The number of hydrogen-bond acceptors (Lipinski definition) is 4. The maximum atomic E-state index is 10.8. The van der Waals surface area contributed by atoms with Gasteiger partial charge in [0.1, 0.15) is 5.82 Å². The minimum absolute atomic E-state index is 0.248. The van der Waals surface area contributed by atoms with Gasteiger partial charge in [-0.3, -0.25) is 9.69 Å². The van der Waals surface area contributed by atoms with Crippen molar-refractivity contribution in [3.63, 3.8) is 0 Å². The highest BCUT2D eigenvalue weighted by molar-refractivity contribution is 5.75. The molecule has 1 fully saturated rings. The molecule has 98 valence electrons. The van der Waals surface area contributed by atoms with Gasteiger partial charge in [-0.25, -0.2) is 4.98 Å². The van der Waals surface area contributed by atoms with Gasteiger partial charge in [0.15, 0.2) is 0 Å². The highest BCUT2D eigenvalue weighted by Gasteiger charge is 2.20. The lowest BCUT2D eigenvalue weighted by atomic mass is 10.0. The van der Waals surface area contributed by atoms with E-state index in [4.69, 9.17) is 5.73 Å². The minimum atomic E-state index is -0.248. The van der Waals surface area contributed by atoms with E-state index in [0.717, 1.165) is 31.7 Å². The number of nitrogens with zero attached hydrogens (tertiary/aromatic N) is 2. The van der Waals surface area contributed by atoms with Crippen LogP contribution in [-0.4, -0.2) is 41.5 Å².